The lowest BCUT2D eigenvalue weighted by Gasteiger charge is -2.17. The molecule has 19 heavy (non-hydrogen) atoms. The average molecular weight is 301 g/mol. The molecule has 2 aliphatic rings. The summed E-state index contributed by atoms with van der Waals surface area (Å²) in [5, 5.41) is 4.61. The minimum Gasteiger partial charge on any atom is -0.489 e. The summed E-state index contributed by atoms with van der Waals surface area (Å²) in [5.41, 5.74) is 0. The van der Waals surface area contributed by atoms with Gasteiger partial charge in [-0.05, 0) is 37.1 Å². The maximum Gasteiger partial charge on any atom is 0.156 e. The van der Waals surface area contributed by atoms with Gasteiger partial charge in [-0.2, -0.15) is 0 Å². The van der Waals surface area contributed by atoms with Crippen molar-refractivity contribution in [3.8, 4) is 5.75 Å². The fourth-order valence-corrected chi connectivity index (χ4v) is 3.54. The lowest BCUT2D eigenvalue weighted by Crippen LogP contribution is -2.29. The first-order valence-corrected chi connectivity index (χ1v) is 7.49. The van der Waals surface area contributed by atoms with Crippen LogP contribution in [0.2, 0.25) is 10.0 Å². The molecule has 0 bridgehead atoms. The van der Waals surface area contributed by atoms with E-state index in [0.717, 1.165) is 18.4 Å². The number of nitrogens with one attached hydrogen (secondary N) is 1. The molecule has 2 aliphatic heterocycles. The summed E-state index contributed by atoms with van der Waals surface area (Å²) in [5.74, 6) is 2.25. The number of fused-ring (bicyclic) bond motifs is 1. The first kappa shape index (κ1) is 13.5. The molecule has 2 saturated heterocycles. The molecule has 1 aromatic carbocycles. The second kappa shape index (κ2) is 5.88. The molecule has 3 rings (SSSR count). The van der Waals surface area contributed by atoms with Crippen molar-refractivity contribution in [1.82, 2.24) is 10.2 Å². The molecule has 0 radical (unpaired) electrons. The third kappa shape index (κ3) is 3.00. The summed E-state index contributed by atoms with van der Waals surface area (Å²) in [6, 6.07) is 5.43. The molecule has 104 valence electrons. The van der Waals surface area contributed by atoms with Gasteiger partial charge in [0.25, 0.3) is 0 Å². The van der Waals surface area contributed by atoms with Crippen LogP contribution in [0.1, 0.15) is 0 Å². The van der Waals surface area contributed by atoms with Gasteiger partial charge in [0, 0.05) is 19.6 Å². The van der Waals surface area contributed by atoms with E-state index in [1.54, 1.807) is 12.1 Å². The van der Waals surface area contributed by atoms with E-state index in [1.807, 2.05) is 6.07 Å². The van der Waals surface area contributed by atoms with Crippen LogP contribution in [0.3, 0.4) is 0 Å². The third-order valence-electron chi connectivity index (χ3n) is 4.04. The van der Waals surface area contributed by atoms with Crippen LogP contribution in [0.5, 0.6) is 5.75 Å². The van der Waals surface area contributed by atoms with E-state index in [0.29, 0.717) is 22.4 Å². The lowest BCUT2D eigenvalue weighted by atomic mass is 10.0. The maximum atomic E-state index is 6.07. The van der Waals surface area contributed by atoms with Crippen LogP contribution in [0.15, 0.2) is 18.2 Å². The Morgan fingerprint density at radius 3 is 2.42 bits per heavy atom. The number of nitrogens with zero attached hydrogens (tertiary/aromatic N) is 1. The first-order chi connectivity index (χ1) is 9.24. The molecule has 2 heterocycles. The fraction of sp³-hybridized carbons (Fsp3) is 0.571. The second-order valence-corrected chi connectivity index (χ2v) is 6.15. The Balaban J connectivity index is 1.49. The number of para-hydroxylation sites is 1. The Kier molecular flexibility index (Phi) is 4.18. The van der Waals surface area contributed by atoms with Crippen molar-refractivity contribution in [3.63, 3.8) is 0 Å². The Bertz CT molecular complexity index is 423. The molecule has 5 heteroatoms. The van der Waals surface area contributed by atoms with Crippen molar-refractivity contribution in [3.05, 3.63) is 28.2 Å². The van der Waals surface area contributed by atoms with E-state index in [2.05, 4.69) is 10.2 Å². The lowest BCUT2D eigenvalue weighted by molar-refractivity contribution is 0.228. The van der Waals surface area contributed by atoms with Crippen molar-refractivity contribution in [1.29, 1.82) is 0 Å². The number of hydrogen-bond donors (Lipinski definition) is 1. The molecule has 2 atom stereocenters. The molecule has 0 unspecified atom stereocenters. The van der Waals surface area contributed by atoms with E-state index in [9.17, 15) is 0 Å². The van der Waals surface area contributed by atoms with Gasteiger partial charge in [0.2, 0.25) is 0 Å². The molecule has 0 spiro atoms. The van der Waals surface area contributed by atoms with Gasteiger partial charge in [-0.1, -0.05) is 29.3 Å². The van der Waals surface area contributed by atoms with Crippen molar-refractivity contribution in [2.75, 3.05) is 39.3 Å². The predicted molar refractivity (Wildman–Crippen MR) is 78.2 cm³/mol. The van der Waals surface area contributed by atoms with Crippen molar-refractivity contribution < 1.29 is 4.74 Å². The second-order valence-electron chi connectivity index (χ2n) is 5.34. The summed E-state index contributed by atoms with van der Waals surface area (Å²) >= 11 is 12.1. The van der Waals surface area contributed by atoms with Gasteiger partial charge >= 0.3 is 0 Å². The van der Waals surface area contributed by atoms with Gasteiger partial charge in [-0.25, -0.2) is 0 Å². The van der Waals surface area contributed by atoms with Crippen LogP contribution in [0, 0.1) is 11.8 Å². The van der Waals surface area contributed by atoms with E-state index < -0.39 is 0 Å². The molecule has 1 aromatic rings. The summed E-state index contributed by atoms with van der Waals surface area (Å²) in [6.45, 7) is 6.26. The number of likely N-dealkylation sites (tertiary alicyclic amines) is 1. The molecule has 0 saturated carbocycles. The van der Waals surface area contributed by atoms with Gasteiger partial charge in [-0.3, -0.25) is 4.90 Å². The minimum atomic E-state index is 0.579. The summed E-state index contributed by atoms with van der Waals surface area (Å²) in [7, 11) is 0. The smallest absolute Gasteiger partial charge is 0.156 e. The zero-order valence-corrected chi connectivity index (χ0v) is 12.3. The zero-order chi connectivity index (χ0) is 13.2. The van der Waals surface area contributed by atoms with Crippen molar-refractivity contribution in [2.45, 2.75) is 0 Å². The highest BCUT2D eigenvalue weighted by atomic mass is 35.5. The van der Waals surface area contributed by atoms with Crippen LogP contribution in [0.4, 0.5) is 0 Å². The van der Waals surface area contributed by atoms with Gasteiger partial charge in [0.05, 0.1) is 10.0 Å². The van der Waals surface area contributed by atoms with E-state index >= 15 is 0 Å². The van der Waals surface area contributed by atoms with Crippen LogP contribution in [-0.2, 0) is 0 Å². The number of halogens is 2. The average Bonchev–Trinajstić information content (AvgIpc) is 2.93. The van der Waals surface area contributed by atoms with Gasteiger partial charge in [0.15, 0.2) is 5.75 Å². The molecule has 0 aromatic heterocycles. The van der Waals surface area contributed by atoms with E-state index in [4.69, 9.17) is 27.9 Å². The van der Waals surface area contributed by atoms with Crippen LogP contribution in [-0.4, -0.2) is 44.2 Å². The van der Waals surface area contributed by atoms with Gasteiger partial charge in [-0.15, -0.1) is 0 Å². The Morgan fingerprint density at radius 2 is 1.79 bits per heavy atom. The highest BCUT2D eigenvalue weighted by Gasteiger charge is 2.35. The third-order valence-corrected chi connectivity index (χ3v) is 4.63. The molecule has 0 aliphatic carbocycles. The standard InChI is InChI=1S/C14H18Cl2N2O/c15-12-2-1-3-13(16)14(12)19-5-4-18-8-10-6-17-7-11(10)9-18/h1-3,10-11,17H,4-9H2/t10-,11+. The Morgan fingerprint density at radius 1 is 1.16 bits per heavy atom. The first-order valence-electron chi connectivity index (χ1n) is 6.74. The molecular formula is C14H18Cl2N2O. The molecule has 2 fully saturated rings. The summed E-state index contributed by atoms with van der Waals surface area (Å²) in [4.78, 5) is 2.47. The molecular weight excluding hydrogens is 283 g/mol. The summed E-state index contributed by atoms with van der Waals surface area (Å²) < 4.78 is 5.73. The number of ether oxygens (including phenoxy) is 1. The van der Waals surface area contributed by atoms with E-state index in [1.165, 1.54) is 26.2 Å². The predicted octanol–water partition coefficient (Wildman–Crippen LogP) is 2.52. The highest BCUT2D eigenvalue weighted by Crippen LogP contribution is 2.32. The van der Waals surface area contributed by atoms with Crippen LogP contribution in [0.25, 0.3) is 0 Å². The largest absolute Gasteiger partial charge is 0.489 e. The van der Waals surface area contributed by atoms with Crippen molar-refractivity contribution >= 4 is 23.2 Å². The SMILES string of the molecule is Clc1cccc(Cl)c1OCCN1C[C@H]2CNC[C@H]2C1. The number of benzene rings is 1. The van der Waals surface area contributed by atoms with E-state index in [-0.39, 0.29) is 0 Å². The van der Waals surface area contributed by atoms with Gasteiger partial charge < -0.3 is 10.1 Å². The highest BCUT2D eigenvalue weighted by molar-refractivity contribution is 6.37. The monoisotopic (exact) mass is 300 g/mol. The minimum absolute atomic E-state index is 0.579. The van der Waals surface area contributed by atoms with Crippen molar-refractivity contribution in [2.24, 2.45) is 11.8 Å². The normalized spacial score (nSPS) is 26.6. The Labute approximate surface area is 123 Å². The molecule has 1 N–H and O–H groups in total. The quantitative estimate of drug-likeness (QED) is 0.925. The van der Waals surface area contributed by atoms with Crippen LogP contribution >= 0.6 is 23.2 Å². The number of rotatable bonds is 4. The summed E-state index contributed by atoms with van der Waals surface area (Å²) in [6.07, 6.45) is 0. The molecule has 3 nitrogen and oxygen atoms in total. The Hall–Kier alpha value is -0.480. The molecule has 0 amide bonds. The fourth-order valence-electron chi connectivity index (χ4n) is 3.03. The maximum absolute atomic E-state index is 6.07. The zero-order valence-electron chi connectivity index (χ0n) is 10.7. The van der Waals surface area contributed by atoms with Gasteiger partial charge in [0.1, 0.15) is 6.61 Å². The topological polar surface area (TPSA) is 24.5 Å². The number of hydrogen-bond acceptors (Lipinski definition) is 3. The van der Waals surface area contributed by atoms with Crippen LogP contribution < -0.4 is 10.1 Å².